The number of halogens is 1. The Balaban J connectivity index is 1.66. The molecule has 1 fully saturated rings. The van der Waals surface area contributed by atoms with E-state index in [-0.39, 0.29) is 10.8 Å². The average molecular weight is 407 g/mol. The third-order valence-electron chi connectivity index (χ3n) is 4.66. The molecule has 0 unspecified atom stereocenters. The fourth-order valence-corrected chi connectivity index (χ4v) is 4.87. The first-order chi connectivity index (χ1) is 13.0. The van der Waals surface area contributed by atoms with Crippen LogP contribution in [0.25, 0.3) is 0 Å². The van der Waals surface area contributed by atoms with Gasteiger partial charge in [0.2, 0.25) is 10.0 Å². The van der Waals surface area contributed by atoms with E-state index in [1.807, 2.05) is 12.1 Å². The second kappa shape index (κ2) is 8.87. The SMILES string of the molecule is O=C(NCc1cccc(Cl)c1)c1ccc(S(=O)(=O)N2CCCCCC2)cc1. The molecule has 1 heterocycles. The van der Waals surface area contributed by atoms with Crippen LogP contribution >= 0.6 is 11.6 Å². The lowest BCUT2D eigenvalue weighted by Crippen LogP contribution is -2.32. The van der Waals surface area contributed by atoms with E-state index in [2.05, 4.69) is 5.32 Å². The normalized spacial score (nSPS) is 15.9. The molecule has 0 spiro atoms. The van der Waals surface area contributed by atoms with Gasteiger partial charge in [-0.05, 0) is 54.8 Å². The van der Waals surface area contributed by atoms with Gasteiger partial charge in [0.05, 0.1) is 4.90 Å². The molecule has 1 aliphatic heterocycles. The summed E-state index contributed by atoms with van der Waals surface area (Å²) in [5.74, 6) is -0.256. The monoisotopic (exact) mass is 406 g/mol. The predicted octanol–water partition coefficient (Wildman–Crippen LogP) is 3.83. The van der Waals surface area contributed by atoms with E-state index in [4.69, 9.17) is 11.6 Å². The number of carbonyl (C=O) groups excluding carboxylic acids is 1. The number of hydrogen-bond donors (Lipinski definition) is 1. The highest BCUT2D eigenvalue weighted by Crippen LogP contribution is 2.20. The molecule has 0 saturated carbocycles. The highest BCUT2D eigenvalue weighted by Gasteiger charge is 2.25. The van der Waals surface area contributed by atoms with Crippen LogP contribution in [-0.2, 0) is 16.6 Å². The van der Waals surface area contributed by atoms with Gasteiger partial charge < -0.3 is 5.32 Å². The van der Waals surface area contributed by atoms with Gasteiger partial charge in [0.1, 0.15) is 0 Å². The molecule has 5 nitrogen and oxygen atoms in total. The summed E-state index contributed by atoms with van der Waals surface area (Å²) in [6, 6.07) is 13.4. The summed E-state index contributed by atoms with van der Waals surface area (Å²) in [5, 5.41) is 3.43. The Kier molecular flexibility index (Phi) is 6.52. The fraction of sp³-hybridized carbons (Fsp3) is 0.350. The van der Waals surface area contributed by atoms with Crippen LogP contribution in [0.5, 0.6) is 0 Å². The predicted molar refractivity (Wildman–Crippen MR) is 106 cm³/mol. The Morgan fingerprint density at radius 3 is 2.30 bits per heavy atom. The number of nitrogens with zero attached hydrogens (tertiary/aromatic N) is 1. The third kappa shape index (κ3) is 5.09. The number of sulfonamides is 1. The zero-order valence-corrected chi connectivity index (χ0v) is 16.6. The van der Waals surface area contributed by atoms with Crippen molar-refractivity contribution in [2.24, 2.45) is 0 Å². The van der Waals surface area contributed by atoms with Crippen molar-refractivity contribution in [3.63, 3.8) is 0 Å². The molecule has 1 saturated heterocycles. The molecule has 0 aliphatic carbocycles. The van der Waals surface area contributed by atoms with E-state index >= 15 is 0 Å². The van der Waals surface area contributed by atoms with E-state index in [9.17, 15) is 13.2 Å². The minimum atomic E-state index is -3.50. The van der Waals surface area contributed by atoms with Gasteiger partial charge in [-0.25, -0.2) is 8.42 Å². The maximum atomic E-state index is 12.8. The highest BCUT2D eigenvalue weighted by atomic mass is 35.5. The summed E-state index contributed by atoms with van der Waals surface area (Å²) in [6.07, 6.45) is 3.92. The number of rotatable bonds is 5. The molecular formula is C20H23ClN2O3S. The maximum absolute atomic E-state index is 12.8. The molecular weight excluding hydrogens is 384 g/mol. The minimum Gasteiger partial charge on any atom is -0.348 e. The Hall–Kier alpha value is -1.89. The van der Waals surface area contributed by atoms with Crippen molar-refractivity contribution < 1.29 is 13.2 Å². The molecule has 0 bridgehead atoms. The van der Waals surface area contributed by atoms with Crippen molar-refractivity contribution >= 4 is 27.5 Å². The number of carbonyl (C=O) groups is 1. The Labute approximate surface area is 165 Å². The van der Waals surface area contributed by atoms with Crippen LogP contribution in [0.2, 0.25) is 5.02 Å². The second-order valence-electron chi connectivity index (χ2n) is 6.66. The first kappa shape index (κ1) is 19.9. The fourth-order valence-electron chi connectivity index (χ4n) is 3.14. The van der Waals surface area contributed by atoms with Crippen molar-refractivity contribution in [3.8, 4) is 0 Å². The van der Waals surface area contributed by atoms with Crippen LogP contribution in [0, 0.1) is 0 Å². The summed E-state index contributed by atoms with van der Waals surface area (Å²) < 4.78 is 27.1. The van der Waals surface area contributed by atoms with Gasteiger partial charge in [-0.3, -0.25) is 4.79 Å². The van der Waals surface area contributed by atoms with E-state index < -0.39 is 10.0 Å². The molecule has 0 atom stereocenters. The van der Waals surface area contributed by atoms with Crippen molar-refractivity contribution in [3.05, 3.63) is 64.7 Å². The summed E-state index contributed by atoms with van der Waals surface area (Å²) in [7, 11) is -3.50. The maximum Gasteiger partial charge on any atom is 0.251 e. The average Bonchev–Trinajstić information content (AvgIpc) is 2.96. The molecule has 0 aromatic heterocycles. The van der Waals surface area contributed by atoms with Gasteiger partial charge in [-0.1, -0.05) is 36.6 Å². The van der Waals surface area contributed by atoms with Gasteiger partial charge in [-0.2, -0.15) is 4.31 Å². The molecule has 3 rings (SSSR count). The zero-order valence-electron chi connectivity index (χ0n) is 15.0. The molecule has 2 aromatic carbocycles. The summed E-state index contributed by atoms with van der Waals surface area (Å²) >= 11 is 5.94. The molecule has 1 amide bonds. The van der Waals surface area contributed by atoms with Crippen molar-refractivity contribution in [1.29, 1.82) is 0 Å². The number of hydrogen-bond acceptors (Lipinski definition) is 3. The third-order valence-corrected chi connectivity index (χ3v) is 6.81. The molecule has 7 heteroatoms. The lowest BCUT2D eigenvalue weighted by atomic mass is 10.2. The Morgan fingerprint density at radius 2 is 1.67 bits per heavy atom. The highest BCUT2D eigenvalue weighted by molar-refractivity contribution is 7.89. The van der Waals surface area contributed by atoms with Gasteiger partial charge in [-0.15, -0.1) is 0 Å². The lowest BCUT2D eigenvalue weighted by molar-refractivity contribution is 0.0951. The van der Waals surface area contributed by atoms with Crippen LogP contribution < -0.4 is 5.32 Å². The van der Waals surface area contributed by atoms with Crippen molar-refractivity contribution in [2.45, 2.75) is 37.1 Å². The molecule has 1 aliphatic rings. The van der Waals surface area contributed by atoms with E-state index in [1.165, 1.54) is 12.1 Å². The van der Waals surface area contributed by atoms with Crippen molar-refractivity contribution in [1.82, 2.24) is 9.62 Å². The van der Waals surface area contributed by atoms with Gasteiger partial charge in [0.15, 0.2) is 0 Å². The molecule has 1 N–H and O–H groups in total. The van der Waals surface area contributed by atoms with Crippen LogP contribution in [0.4, 0.5) is 0 Å². The quantitative estimate of drug-likeness (QED) is 0.820. The molecule has 2 aromatic rings. The van der Waals surface area contributed by atoms with Crippen LogP contribution in [-0.4, -0.2) is 31.7 Å². The summed E-state index contributed by atoms with van der Waals surface area (Å²) in [6.45, 7) is 1.47. The van der Waals surface area contributed by atoms with Crippen LogP contribution in [0.15, 0.2) is 53.4 Å². The minimum absolute atomic E-state index is 0.232. The van der Waals surface area contributed by atoms with Gasteiger partial charge in [0, 0.05) is 30.2 Å². The molecule has 0 radical (unpaired) electrons. The molecule has 144 valence electrons. The Morgan fingerprint density at radius 1 is 1.00 bits per heavy atom. The van der Waals surface area contributed by atoms with Gasteiger partial charge >= 0.3 is 0 Å². The number of amides is 1. The van der Waals surface area contributed by atoms with Gasteiger partial charge in [0.25, 0.3) is 5.91 Å². The Bertz CT molecular complexity index is 890. The molecule has 27 heavy (non-hydrogen) atoms. The largest absolute Gasteiger partial charge is 0.348 e. The summed E-state index contributed by atoms with van der Waals surface area (Å²) in [4.78, 5) is 12.5. The van der Waals surface area contributed by atoms with E-state index in [1.54, 1.807) is 28.6 Å². The summed E-state index contributed by atoms with van der Waals surface area (Å²) in [5.41, 5.74) is 1.32. The van der Waals surface area contributed by atoms with Crippen molar-refractivity contribution in [2.75, 3.05) is 13.1 Å². The second-order valence-corrected chi connectivity index (χ2v) is 9.03. The standard InChI is InChI=1S/C20H23ClN2O3S/c21-18-7-5-6-16(14-18)15-22-20(24)17-8-10-19(11-9-17)27(25,26)23-12-3-1-2-4-13-23/h5-11,14H,1-4,12-13,15H2,(H,22,24). The zero-order chi connectivity index (χ0) is 19.3. The van der Waals surface area contributed by atoms with E-state index in [0.29, 0.717) is 30.2 Å². The van der Waals surface area contributed by atoms with Crippen LogP contribution in [0.1, 0.15) is 41.6 Å². The number of nitrogens with one attached hydrogen (secondary N) is 1. The number of benzene rings is 2. The first-order valence-corrected chi connectivity index (χ1v) is 10.9. The topological polar surface area (TPSA) is 66.5 Å². The first-order valence-electron chi connectivity index (χ1n) is 9.10. The van der Waals surface area contributed by atoms with Crippen LogP contribution in [0.3, 0.4) is 0 Å². The van der Waals surface area contributed by atoms with E-state index in [0.717, 1.165) is 31.2 Å². The lowest BCUT2D eigenvalue weighted by Gasteiger charge is -2.20. The smallest absolute Gasteiger partial charge is 0.251 e.